The number of unbranched alkanes of at least 4 members (excludes halogenated alkanes) is 5. The third-order valence-corrected chi connectivity index (χ3v) is 4.89. The van der Waals surface area contributed by atoms with Crippen molar-refractivity contribution in [3.63, 3.8) is 0 Å². The fraction of sp³-hybridized carbons (Fsp3) is 0.333. The van der Waals surface area contributed by atoms with Gasteiger partial charge in [-0.05, 0) is 61.4 Å². The summed E-state index contributed by atoms with van der Waals surface area (Å²) in [5.41, 5.74) is 7.56. The van der Waals surface area contributed by atoms with Gasteiger partial charge in [0, 0.05) is 35.3 Å². The monoisotopic (exact) mass is 408 g/mol. The number of nitrogens with zero attached hydrogens (tertiary/aromatic N) is 1. The van der Waals surface area contributed by atoms with E-state index >= 15 is 0 Å². The van der Waals surface area contributed by atoms with Gasteiger partial charge in [-0.3, -0.25) is 24.1 Å². The number of carbonyl (C=O) groups excluding carboxylic acids is 4. The Labute approximate surface area is 177 Å². The zero-order chi connectivity index (χ0) is 21.8. The first-order chi connectivity index (χ1) is 14.5. The van der Waals surface area contributed by atoms with Crippen LogP contribution in [0.4, 0.5) is 11.4 Å². The van der Waals surface area contributed by atoms with Crippen LogP contribution in [0.2, 0.25) is 0 Å². The van der Waals surface area contributed by atoms with E-state index in [1.54, 1.807) is 53.4 Å². The SMILES string of the molecule is NC(=O)CCCCCCCCC(=O)N(c1ccc(C=O)cc1)c1ccc(C=O)cc1. The summed E-state index contributed by atoms with van der Waals surface area (Å²) in [6, 6.07) is 13.7. The molecular formula is C24H28N2O4. The minimum absolute atomic E-state index is 0.0403. The normalized spacial score (nSPS) is 10.4. The van der Waals surface area contributed by atoms with Crippen molar-refractivity contribution in [2.45, 2.75) is 51.4 Å². The number of rotatable bonds is 13. The average Bonchev–Trinajstić information content (AvgIpc) is 2.76. The molecule has 0 unspecified atom stereocenters. The molecule has 30 heavy (non-hydrogen) atoms. The Morgan fingerprint density at radius 3 is 1.47 bits per heavy atom. The number of hydrogen-bond acceptors (Lipinski definition) is 4. The fourth-order valence-electron chi connectivity index (χ4n) is 3.24. The minimum Gasteiger partial charge on any atom is -0.370 e. The van der Waals surface area contributed by atoms with Gasteiger partial charge in [-0.15, -0.1) is 0 Å². The molecule has 0 saturated heterocycles. The third-order valence-electron chi connectivity index (χ3n) is 4.89. The van der Waals surface area contributed by atoms with Gasteiger partial charge in [0.05, 0.1) is 0 Å². The van der Waals surface area contributed by atoms with Crippen molar-refractivity contribution in [2.24, 2.45) is 5.73 Å². The molecule has 0 atom stereocenters. The van der Waals surface area contributed by atoms with E-state index in [1.807, 2.05) is 0 Å². The van der Waals surface area contributed by atoms with Crippen LogP contribution in [0, 0.1) is 0 Å². The number of amides is 2. The highest BCUT2D eigenvalue weighted by molar-refractivity contribution is 6.01. The van der Waals surface area contributed by atoms with Gasteiger partial charge in [0.15, 0.2) is 0 Å². The van der Waals surface area contributed by atoms with Gasteiger partial charge >= 0.3 is 0 Å². The Hall–Kier alpha value is -3.28. The zero-order valence-corrected chi connectivity index (χ0v) is 17.1. The molecule has 6 nitrogen and oxygen atoms in total. The van der Waals surface area contributed by atoms with Gasteiger partial charge < -0.3 is 5.73 Å². The van der Waals surface area contributed by atoms with E-state index in [2.05, 4.69) is 0 Å². The number of carbonyl (C=O) groups is 4. The van der Waals surface area contributed by atoms with E-state index in [9.17, 15) is 19.2 Å². The molecule has 2 aromatic rings. The Morgan fingerprint density at radius 1 is 0.667 bits per heavy atom. The first-order valence-electron chi connectivity index (χ1n) is 10.3. The Bertz CT molecular complexity index is 793. The van der Waals surface area contributed by atoms with Crippen molar-refractivity contribution in [1.29, 1.82) is 0 Å². The van der Waals surface area contributed by atoms with Crippen LogP contribution < -0.4 is 10.6 Å². The molecule has 0 fully saturated rings. The van der Waals surface area contributed by atoms with E-state index in [1.165, 1.54) is 0 Å². The molecule has 158 valence electrons. The smallest absolute Gasteiger partial charge is 0.231 e. The molecule has 0 aliphatic heterocycles. The van der Waals surface area contributed by atoms with E-state index in [-0.39, 0.29) is 11.8 Å². The van der Waals surface area contributed by atoms with Crippen LogP contribution in [-0.4, -0.2) is 24.4 Å². The number of benzene rings is 2. The highest BCUT2D eigenvalue weighted by Gasteiger charge is 2.17. The maximum Gasteiger partial charge on any atom is 0.231 e. The molecule has 2 aromatic carbocycles. The third kappa shape index (κ3) is 7.28. The van der Waals surface area contributed by atoms with Crippen molar-refractivity contribution in [2.75, 3.05) is 4.90 Å². The van der Waals surface area contributed by atoms with Crippen LogP contribution in [0.5, 0.6) is 0 Å². The number of primary amides is 1. The predicted octanol–water partition coefficient (Wildman–Crippen LogP) is 4.58. The van der Waals surface area contributed by atoms with Crippen molar-refractivity contribution in [3.05, 3.63) is 59.7 Å². The van der Waals surface area contributed by atoms with Gasteiger partial charge in [0.25, 0.3) is 0 Å². The maximum absolute atomic E-state index is 13.0. The number of aldehydes is 2. The second-order valence-corrected chi connectivity index (χ2v) is 7.24. The molecule has 2 N–H and O–H groups in total. The number of hydrogen-bond donors (Lipinski definition) is 1. The molecule has 6 heteroatoms. The molecule has 0 aromatic heterocycles. The Balaban J connectivity index is 1.97. The van der Waals surface area contributed by atoms with Gasteiger partial charge in [-0.25, -0.2) is 0 Å². The predicted molar refractivity (Wildman–Crippen MR) is 117 cm³/mol. The fourth-order valence-corrected chi connectivity index (χ4v) is 3.24. The van der Waals surface area contributed by atoms with E-state index < -0.39 is 0 Å². The highest BCUT2D eigenvalue weighted by Crippen LogP contribution is 2.27. The van der Waals surface area contributed by atoms with Crippen molar-refractivity contribution < 1.29 is 19.2 Å². The largest absolute Gasteiger partial charge is 0.370 e. The topological polar surface area (TPSA) is 97.5 Å². The van der Waals surface area contributed by atoms with Crippen molar-refractivity contribution in [3.8, 4) is 0 Å². The van der Waals surface area contributed by atoms with Crippen molar-refractivity contribution in [1.82, 2.24) is 0 Å². The summed E-state index contributed by atoms with van der Waals surface area (Å²) in [7, 11) is 0. The highest BCUT2D eigenvalue weighted by atomic mass is 16.2. The Morgan fingerprint density at radius 2 is 1.07 bits per heavy atom. The van der Waals surface area contributed by atoms with Crippen LogP contribution in [0.25, 0.3) is 0 Å². The van der Waals surface area contributed by atoms with Gasteiger partial charge in [0.2, 0.25) is 11.8 Å². The Kier molecular flexibility index (Phi) is 9.45. The molecule has 0 aliphatic carbocycles. The van der Waals surface area contributed by atoms with Crippen molar-refractivity contribution >= 4 is 35.8 Å². The second kappa shape index (κ2) is 12.3. The summed E-state index contributed by atoms with van der Waals surface area (Å²) in [6.07, 6.45) is 7.86. The first kappa shape index (κ1) is 23.0. The van der Waals surface area contributed by atoms with E-state index in [0.717, 1.165) is 51.1 Å². The van der Waals surface area contributed by atoms with Gasteiger partial charge in [0.1, 0.15) is 12.6 Å². The van der Waals surface area contributed by atoms with E-state index in [4.69, 9.17) is 5.73 Å². The van der Waals surface area contributed by atoms with Crippen LogP contribution in [0.1, 0.15) is 72.1 Å². The lowest BCUT2D eigenvalue weighted by molar-refractivity contribution is -0.118. The summed E-state index contributed by atoms with van der Waals surface area (Å²) in [4.78, 5) is 47.2. The molecule has 2 rings (SSSR count). The van der Waals surface area contributed by atoms with Crippen LogP contribution in [0.3, 0.4) is 0 Å². The van der Waals surface area contributed by atoms with Crippen LogP contribution >= 0.6 is 0 Å². The van der Waals surface area contributed by atoms with Gasteiger partial charge in [-0.1, -0.05) is 25.7 Å². The molecule has 0 saturated carbocycles. The molecule has 0 aliphatic rings. The molecule has 0 spiro atoms. The summed E-state index contributed by atoms with van der Waals surface area (Å²) < 4.78 is 0. The lowest BCUT2D eigenvalue weighted by Crippen LogP contribution is -2.25. The number of anilines is 2. The molecule has 0 bridgehead atoms. The van der Waals surface area contributed by atoms with E-state index in [0.29, 0.717) is 35.3 Å². The average molecular weight is 408 g/mol. The quantitative estimate of drug-likeness (QED) is 0.387. The summed E-state index contributed by atoms with van der Waals surface area (Å²) in [6.45, 7) is 0. The van der Waals surface area contributed by atoms with Crippen LogP contribution in [-0.2, 0) is 9.59 Å². The maximum atomic E-state index is 13.0. The summed E-state index contributed by atoms with van der Waals surface area (Å²) in [5, 5.41) is 0. The summed E-state index contributed by atoms with van der Waals surface area (Å²) >= 11 is 0. The molecule has 2 amide bonds. The molecule has 0 heterocycles. The lowest BCUT2D eigenvalue weighted by Gasteiger charge is -2.23. The summed E-state index contributed by atoms with van der Waals surface area (Å²) in [5.74, 6) is -0.301. The minimum atomic E-state index is -0.261. The standard InChI is InChI=1S/C24H28N2O4/c25-23(29)7-5-3-1-2-4-6-8-24(30)26(21-13-9-19(17-27)10-14-21)22-15-11-20(18-28)12-16-22/h9-18H,1-8H2,(H2,25,29). The molecule has 0 radical (unpaired) electrons. The first-order valence-corrected chi connectivity index (χ1v) is 10.3. The second-order valence-electron chi connectivity index (χ2n) is 7.24. The van der Waals surface area contributed by atoms with Gasteiger partial charge in [-0.2, -0.15) is 0 Å². The lowest BCUT2D eigenvalue weighted by atomic mass is 10.1. The zero-order valence-electron chi connectivity index (χ0n) is 17.1. The molecular weight excluding hydrogens is 380 g/mol. The number of nitrogens with two attached hydrogens (primary N) is 1. The van der Waals surface area contributed by atoms with Crippen LogP contribution in [0.15, 0.2) is 48.5 Å².